The fourth-order valence-electron chi connectivity index (χ4n) is 1.77. The summed E-state index contributed by atoms with van der Waals surface area (Å²) in [5.41, 5.74) is 0.953. The highest BCUT2D eigenvalue weighted by Crippen LogP contribution is 2.27. The van der Waals surface area contributed by atoms with Gasteiger partial charge in [-0.25, -0.2) is 13.2 Å². The van der Waals surface area contributed by atoms with Gasteiger partial charge in [0.2, 0.25) is 0 Å². The van der Waals surface area contributed by atoms with Crippen molar-refractivity contribution in [3.05, 3.63) is 69.4 Å². The molecule has 0 heterocycles. The minimum Gasteiger partial charge on any atom is -0.388 e. The third kappa shape index (κ3) is 3.36. The van der Waals surface area contributed by atoms with Crippen LogP contribution in [-0.4, -0.2) is 5.11 Å². The van der Waals surface area contributed by atoms with E-state index in [1.54, 1.807) is 0 Å². The zero-order valence-electron chi connectivity index (χ0n) is 9.71. The van der Waals surface area contributed by atoms with E-state index in [1.165, 1.54) is 24.3 Å². The summed E-state index contributed by atoms with van der Waals surface area (Å²) in [4.78, 5) is 0. The molecule has 0 aromatic heterocycles. The van der Waals surface area contributed by atoms with Crippen LogP contribution in [0.15, 0.2) is 40.9 Å². The van der Waals surface area contributed by atoms with Crippen LogP contribution >= 0.6 is 15.9 Å². The quantitative estimate of drug-likeness (QED) is 0.896. The van der Waals surface area contributed by atoms with Crippen molar-refractivity contribution in [2.75, 3.05) is 0 Å². The first kappa shape index (κ1) is 14.1. The summed E-state index contributed by atoms with van der Waals surface area (Å²) >= 11 is 3.15. The van der Waals surface area contributed by atoms with Gasteiger partial charge in [0.15, 0.2) is 11.6 Å². The van der Waals surface area contributed by atoms with E-state index in [1.807, 2.05) is 0 Å². The Morgan fingerprint density at radius 2 is 1.74 bits per heavy atom. The van der Waals surface area contributed by atoms with Gasteiger partial charge in [-0.3, -0.25) is 0 Å². The van der Waals surface area contributed by atoms with Crippen molar-refractivity contribution in [2.24, 2.45) is 0 Å². The Balaban J connectivity index is 2.20. The van der Waals surface area contributed by atoms with Gasteiger partial charge in [0.25, 0.3) is 0 Å². The van der Waals surface area contributed by atoms with E-state index in [0.29, 0.717) is 15.6 Å². The van der Waals surface area contributed by atoms with Gasteiger partial charge >= 0.3 is 0 Å². The maximum absolute atomic E-state index is 13.0. The molecule has 0 saturated carbocycles. The highest BCUT2D eigenvalue weighted by molar-refractivity contribution is 9.10. The third-order valence-electron chi connectivity index (χ3n) is 2.73. The first-order chi connectivity index (χ1) is 8.97. The summed E-state index contributed by atoms with van der Waals surface area (Å²) < 4.78 is 39.2. The number of hydrogen-bond acceptors (Lipinski definition) is 1. The largest absolute Gasteiger partial charge is 0.388 e. The molecular formula is C14H10BrF3O. The molecule has 0 aliphatic rings. The predicted octanol–water partition coefficient (Wildman–Crippen LogP) is 4.14. The molecule has 0 amide bonds. The van der Waals surface area contributed by atoms with Gasteiger partial charge in [-0.15, -0.1) is 0 Å². The number of benzene rings is 2. The maximum atomic E-state index is 13.0. The smallest absolute Gasteiger partial charge is 0.159 e. The molecule has 0 fully saturated rings. The average Bonchev–Trinajstić information content (AvgIpc) is 2.33. The Morgan fingerprint density at radius 1 is 1.00 bits per heavy atom. The van der Waals surface area contributed by atoms with E-state index in [-0.39, 0.29) is 6.42 Å². The number of aliphatic hydroxyl groups is 1. The van der Waals surface area contributed by atoms with Crippen LogP contribution in [-0.2, 0) is 6.42 Å². The lowest BCUT2D eigenvalue weighted by Crippen LogP contribution is -2.03. The Morgan fingerprint density at radius 3 is 2.37 bits per heavy atom. The predicted molar refractivity (Wildman–Crippen MR) is 69.1 cm³/mol. The third-order valence-corrected chi connectivity index (χ3v) is 3.42. The highest BCUT2D eigenvalue weighted by Gasteiger charge is 2.14. The molecule has 2 rings (SSSR count). The van der Waals surface area contributed by atoms with Gasteiger partial charge in [0.05, 0.1) is 6.10 Å². The fraction of sp³-hybridized carbons (Fsp3) is 0.143. The van der Waals surface area contributed by atoms with Crippen LogP contribution in [0.4, 0.5) is 13.2 Å². The second kappa shape index (κ2) is 5.75. The SMILES string of the molecule is OC(Cc1ccc(F)c(F)c1)c1ccc(F)cc1Br. The first-order valence-electron chi connectivity index (χ1n) is 5.54. The Hall–Kier alpha value is -1.33. The molecule has 100 valence electrons. The first-order valence-corrected chi connectivity index (χ1v) is 6.33. The molecule has 5 heteroatoms. The monoisotopic (exact) mass is 330 g/mol. The van der Waals surface area contributed by atoms with E-state index in [9.17, 15) is 18.3 Å². The van der Waals surface area contributed by atoms with Crippen LogP contribution in [0.5, 0.6) is 0 Å². The molecule has 2 aromatic rings. The van der Waals surface area contributed by atoms with Crippen LogP contribution < -0.4 is 0 Å². The Labute approximate surface area is 116 Å². The van der Waals surface area contributed by atoms with Crippen molar-refractivity contribution >= 4 is 15.9 Å². The van der Waals surface area contributed by atoms with Crippen LogP contribution in [0.3, 0.4) is 0 Å². The van der Waals surface area contributed by atoms with Gasteiger partial charge in [-0.2, -0.15) is 0 Å². The molecule has 2 aromatic carbocycles. The van der Waals surface area contributed by atoms with Gasteiger partial charge in [0, 0.05) is 10.9 Å². The molecule has 0 spiro atoms. The van der Waals surface area contributed by atoms with Crippen molar-refractivity contribution in [1.29, 1.82) is 0 Å². The normalized spacial score (nSPS) is 12.5. The van der Waals surface area contributed by atoms with E-state index < -0.39 is 23.6 Å². The highest BCUT2D eigenvalue weighted by atomic mass is 79.9. The summed E-state index contributed by atoms with van der Waals surface area (Å²) in [5, 5.41) is 10.0. The van der Waals surface area contributed by atoms with Crippen molar-refractivity contribution in [3.8, 4) is 0 Å². The Bertz CT molecular complexity index is 601. The second-order valence-corrected chi connectivity index (χ2v) is 4.99. The van der Waals surface area contributed by atoms with Crippen LogP contribution in [0.1, 0.15) is 17.2 Å². The molecule has 19 heavy (non-hydrogen) atoms. The standard InChI is InChI=1S/C14H10BrF3O/c15-11-7-9(16)2-3-10(11)14(19)6-8-1-4-12(17)13(18)5-8/h1-5,7,14,19H,6H2. The fourth-order valence-corrected chi connectivity index (χ4v) is 2.39. The van der Waals surface area contributed by atoms with Crippen molar-refractivity contribution in [2.45, 2.75) is 12.5 Å². The minimum absolute atomic E-state index is 0.113. The lowest BCUT2D eigenvalue weighted by Gasteiger charge is -2.13. The molecular weight excluding hydrogens is 321 g/mol. The molecule has 0 saturated heterocycles. The zero-order valence-corrected chi connectivity index (χ0v) is 11.3. The molecule has 1 atom stereocenters. The lowest BCUT2D eigenvalue weighted by molar-refractivity contribution is 0.177. The summed E-state index contributed by atoms with van der Waals surface area (Å²) in [5.74, 6) is -2.31. The zero-order chi connectivity index (χ0) is 14.0. The summed E-state index contributed by atoms with van der Waals surface area (Å²) in [7, 11) is 0. The van der Waals surface area contributed by atoms with Crippen LogP contribution in [0.25, 0.3) is 0 Å². The molecule has 0 aliphatic carbocycles. The van der Waals surface area contributed by atoms with Crippen LogP contribution in [0.2, 0.25) is 0 Å². The Kier molecular flexibility index (Phi) is 4.27. The average molecular weight is 331 g/mol. The summed E-state index contributed by atoms with van der Waals surface area (Å²) in [6.45, 7) is 0. The van der Waals surface area contributed by atoms with Crippen LogP contribution in [0, 0.1) is 17.5 Å². The van der Waals surface area contributed by atoms with E-state index in [4.69, 9.17) is 0 Å². The van der Waals surface area contributed by atoms with E-state index in [2.05, 4.69) is 15.9 Å². The second-order valence-electron chi connectivity index (χ2n) is 4.13. The summed E-state index contributed by atoms with van der Waals surface area (Å²) in [6.07, 6.45) is -0.818. The number of halogens is 4. The molecule has 0 aliphatic heterocycles. The molecule has 0 bridgehead atoms. The van der Waals surface area contributed by atoms with E-state index in [0.717, 1.165) is 12.1 Å². The molecule has 0 radical (unpaired) electrons. The molecule has 1 nitrogen and oxygen atoms in total. The van der Waals surface area contributed by atoms with Crippen molar-refractivity contribution in [3.63, 3.8) is 0 Å². The number of aliphatic hydroxyl groups excluding tert-OH is 1. The molecule has 1 unspecified atom stereocenters. The van der Waals surface area contributed by atoms with Gasteiger partial charge in [0.1, 0.15) is 5.82 Å². The summed E-state index contributed by atoms with van der Waals surface area (Å²) in [6, 6.07) is 7.37. The number of hydrogen-bond donors (Lipinski definition) is 1. The minimum atomic E-state index is -0.956. The lowest BCUT2D eigenvalue weighted by atomic mass is 10.0. The van der Waals surface area contributed by atoms with Gasteiger partial charge in [-0.05, 0) is 35.4 Å². The molecule has 1 N–H and O–H groups in total. The maximum Gasteiger partial charge on any atom is 0.159 e. The van der Waals surface area contributed by atoms with Gasteiger partial charge < -0.3 is 5.11 Å². The topological polar surface area (TPSA) is 20.2 Å². The number of rotatable bonds is 3. The van der Waals surface area contributed by atoms with Crippen molar-refractivity contribution in [1.82, 2.24) is 0 Å². The van der Waals surface area contributed by atoms with Gasteiger partial charge in [-0.1, -0.05) is 28.1 Å². The van der Waals surface area contributed by atoms with E-state index >= 15 is 0 Å². The van der Waals surface area contributed by atoms with Crippen molar-refractivity contribution < 1.29 is 18.3 Å².